The maximum absolute atomic E-state index is 5.25. The Hall–Kier alpha value is -3.21. The Bertz CT molecular complexity index is 1040. The Labute approximate surface area is 145 Å². The fourth-order valence-electron chi connectivity index (χ4n) is 3.19. The number of rotatable bonds is 3. The van der Waals surface area contributed by atoms with Crippen molar-refractivity contribution in [3.05, 3.63) is 66.4 Å². The van der Waals surface area contributed by atoms with Crippen LogP contribution in [0.25, 0.3) is 27.9 Å². The lowest BCUT2D eigenvalue weighted by molar-refractivity contribution is 0.415. The molecule has 5 nitrogen and oxygen atoms in total. The summed E-state index contributed by atoms with van der Waals surface area (Å²) in [6.45, 7) is 4.11. The number of hydrogen-bond donors (Lipinski definition) is 0. The van der Waals surface area contributed by atoms with Crippen molar-refractivity contribution in [2.75, 3.05) is 7.11 Å². The van der Waals surface area contributed by atoms with Crippen molar-refractivity contribution in [3.8, 4) is 28.0 Å². The number of methoxy groups -OCH3 is 1. The first kappa shape index (κ1) is 15.3. The lowest BCUT2D eigenvalue weighted by Gasteiger charge is -2.12. The molecule has 4 aromatic rings. The van der Waals surface area contributed by atoms with Gasteiger partial charge in [-0.15, -0.1) is 0 Å². The fourth-order valence-corrected chi connectivity index (χ4v) is 3.19. The van der Waals surface area contributed by atoms with Gasteiger partial charge in [-0.05, 0) is 49.2 Å². The van der Waals surface area contributed by atoms with Crippen LogP contribution in [0.2, 0.25) is 0 Å². The molecule has 3 heterocycles. The second-order valence-corrected chi connectivity index (χ2v) is 5.92. The van der Waals surface area contributed by atoms with E-state index >= 15 is 0 Å². The minimum absolute atomic E-state index is 0.840. The molecule has 0 saturated heterocycles. The monoisotopic (exact) mass is 330 g/mol. The van der Waals surface area contributed by atoms with Crippen LogP contribution in [-0.4, -0.2) is 26.7 Å². The van der Waals surface area contributed by atoms with Crippen molar-refractivity contribution in [3.63, 3.8) is 0 Å². The molecule has 0 N–H and O–H groups in total. The number of ether oxygens (including phenoxy) is 1. The zero-order valence-corrected chi connectivity index (χ0v) is 14.4. The van der Waals surface area contributed by atoms with Gasteiger partial charge >= 0.3 is 0 Å². The minimum Gasteiger partial charge on any atom is -0.497 e. The summed E-state index contributed by atoms with van der Waals surface area (Å²) in [4.78, 5) is 8.92. The Morgan fingerprint density at radius 1 is 0.920 bits per heavy atom. The second kappa shape index (κ2) is 6.02. The molecule has 124 valence electrons. The van der Waals surface area contributed by atoms with E-state index in [-0.39, 0.29) is 0 Å². The average Bonchev–Trinajstić information content (AvgIpc) is 3.07. The van der Waals surface area contributed by atoms with Gasteiger partial charge < -0.3 is 4.74 Å². The molecule has 0 aliphatic heterocycles. The van der Waals surface area contributed by atoms with Gasteiger partial charge in [-0.3, -0.25) is 4.98 Å². The van der Waals surface area contributed by atoms with Gasteiger partial charge in [0.05, 0.1) is 19.0 Å². The van der Waals surface area contributed by atoms with E-state index in [0.717, 1.165) is 45.0 Å². The summed E-state index contributed by atoms with van der Waals surface area (Å²) in [5.74, 6) is 0.840. The zero-order valence-electron chi connectivity index (χ0n) is 14.4. The molecule has 25 heavy (non-hydrogen) atoms. The van der Waals surface area contributed by atoms with Crippen LogP contribution in [0.15, 0.2) is 55.0 Å². The smallest absolute Gasteiger partial charge is 0.163 e. The molecule has 3 aromatic heterocycles. The van der Waals surface area contributed by atoms with E-state index in [9.17, 15) is 0 Å². The normalized spacial score (nSPS) is 11.0. The number of fused-ring (bicyclic) bond motifs is 1. The Kier molecular flexibility index (Phi) is 3.69. The molecule has 0 radical (unpaired) electrons. The molecule has 0 spiro atoms. The molecule has 0 aliphatic rings. The largest absolute Gasteiger partial charge is 0.497 e. The summed E-state index contributed by atoms with van der Waals surface area (Å²) < 4.78 is 7.15. The van der Waals surface area contributed by atoms with Gasteiger partial charge in [-0.1, -0.05) is 12.1 Å². The molecule has 1 aromatic carbocycles. The van der Waals surface area contributed by atoms with Crippen LogP contribution in [0.4, 0.5) is 0 Å². The second-order valence-electron chi connectivity index (χ2n) is 5.92. The van der Waals surface area contributed by atoms with Gasteiger partial charge in [0, 0.05) is 29.2 Å². The highest BCUT2D eigenvalue weighted by Gasteiger charge is 2.16. The van der Waals surface area contributed by atoms with Gasteiger partial charge in [-0.2, -0.15) is 5.10 Å². The Morgan fingerprint density at radius 3 is 2.32 bits per heavy atom. The first-order valence-electron chi connectivity index (χ1n) is 8.09. The summed E-state index contributed by atoms with van der Waals surface area (Å²) in [6.07, 6.45) is 5.43. The van der Waals surface area contributed by atoms with Crippen molar-refractivity contribution < 1.29 is 4.74 Å². The molecular weight excluding hydrogens is 312 g/mol. The van der Waals surface area contributed by atoms with E-state index in [4.69, 9.17) is 9.72 Å². The van der Waals surface area contributed by atoms with Crippen molar-refractivity contribution in [2.24, 2.45) is 0 Å². The highest BCUT2D eigenvalue weighted by atomic mass is 16.5. The van der Waals surface area contributed by atoms with Gasteiger partial charge in [0.2, 0.25) is 0 Å². The van der Waals surface area contributed by atoms with Gasteiger partial charge in [-0.25, -0.2) is 9.50 Å². The van der Waals surface area contributed by atoms with Gasteiger partial charge in [0.15, 0.2) is 5.65 Å². The van der Waals surface area contributed by atoms with E-state index in [1.54, 1.807) is 19.5 Å². The molecule has 4 rings (SSSR count). The molecule has 0 fully saturated rings. The first-order valence-corrected chi connectivity index (χ1v) is 8.09. The highest BCUT2D eigenvalue weighted by Crippen LogP contribution is 2.31. The quantitative estimate of drug-likeness (QED) is 0.568. The number of hydrogen-bond acceptors (Lipinski definition) is 4. The summed E-state index contributed by atoms with van der Waals surface area (Å²) in [5.41, 5.74) is 7.17. The van der Waals surface area contributed by atoms with Crippen LogP contribution in [0.3, 0.4) is 0 Å². The number of aryl methyl sites for hydroxylation is 2. The number of pyridine rings is 1. The highest BCUT2D eigenvalue weighted by molar-refractivity contribution is 5.79. The Morgan fingerprint density at radius 2 is 1.64 bits per heavy atom. The summed E-state index contributed by atoms with van der Waals surface area (Å²) in [5, 5.41) is 4.56. The van der Waals surface area contributed by atoms with Crippen LogP contribution in [0, 0.1) is 13.8 Å². The van der Waals surface area contributed by atoms with Crippen molar-refractivity contribution in [1.29, 1.82) is 0 Å². The van der Waals surface area contributed by atoms with Crippen LogP contribution in [0.5, 0.6) is 5.75 Å². The average molecular weight is 330 g/mol. The molecular formula is C20H18N4O. The number of benzene rings is 1. The lowest BCUT2D eigenvalue weighted by Crippen LogP contribution is -2.02. The topological polar surface area (TPSA) is 52.3 Å². The van der Waals surface area contributed by atoms with Crippen LogP contribution < -0.4 is 4.74 Å². The van der Waals surface area contributed by atoms with Crippen molar-refractivity contribution >= 4 is 5.65 Å². The molecule has 0 amide bonds. The molecule has 0 aliphatic carbocycles. The maximum atomic E-state index is 5.25. The predicted molar refractivity (Wildman–Crippen MR) is 97.7 cm³/mol. The third-order valence-corrected chi connectivity index (χ3v) is 4.43. The Balaban J connectivity index is 1.91. The lowest BCUT2D eigenvalue weighted by atomic mass is 10.0. The maximum Gasteiger partial charge on any atom is 0.163 e. The molecule has 0 bridgehead atoms. The SMILES string of the molecule is COc1ccc(-c2c(C)nc3c(-c4ccncc4)cnn3c2C)cc1. The first-order chi connectivity index (χ1) is 12.2. The van der Waals surface area contributed by atoms with E-state index in [1.165, 1.54) is 0 Å². The van der Waals surface area contributed by atoms with E-state index in [0.29, 0.717) is 0 Å². The van der Waals surface area contributed by atoms with Gasteiger partial charge in [0.25, 0.3) is 0 Å². The number of nitrogens with zero attached hydrogens (tertiary/aromatic N) is 4. The van der Waals surface area contributed by atoms with Gasteiger partial charge in [0.1, 0.15) is 5.75 Å². The van der Waals surface area contributed by atoms with E-state index in [1.807, 2.05) is 41.9 Å². The summed E-state index contributed by atoms with van der Waals surface area (Å²) in [6, 6.07) is 12.0. The van der Waals surface area contributed by atoms with Crippen LogP contribution in [0.1, 0.15) is 11.4 Å². The standard InChI is InChI=1S/C20H18N4O/c1-13-19(16-4-6-17(25-3)7-5-16)14(2)24-20(23-13)18(12-22-24)15-8-10-21-11-9-15/h4-12H,1-3H3. The molecule has 0 atom stereocenters. The molecule has 0 saturated carbocycles. The van der Waals surface area contributed by atoms with Crippen molar-refractivity contribution in [1.82, 2.24) is 19.6 Å². The molecule has 5 heteroatoms. The van der Waals surface area contributed by atoms with Crippen LogP contribution >= 0.6 is 0 Å². The number of aromatic nitrogens is 4. The van der Waals surface area contributed by atoms with E-state index in [2.05, 4.69) is 29.1 Å². The fraction of sp³-hybridized carbons (Fsp3) is 0.150. The summed E-state index contributed by atoms with van der Waals surface area (Å²) in [7, 11) is 1.67. The minimum atomic E-state index is 0.840. The third-order valence-electron chi connectivity index (χ3n) is 4.43. The van der Waals surface area contributed by atoms with Crippen LogP contribution in [-0.2, 0) is 0 Å². The van der Waals surface area contributed by atoms with E-state index < -0.39 is 0 Å². The third kappa shape index (κ3) is 2.54. The molecule has 0 unspecified atom stereocenters. The van der Waals surface area contributed by atoms with Crippen molar-refractivity contribution in [2.45, 2.75) is 13.8 Å². The predicted octanol–water partition coefficient (Wildman–Crippen LogP) is 4.08. The summed E-state index contributed by atoms with van der Waals surface area (Å²) >= 11 is 0. The zero-order chi connectivity index (χ0) is 17.4.